The number of carbonyl (C=O) groups is 1. The molecule has 2 heteroatoms. The van der Waals surface area contributed by atoms with Gasteiger partial charge in [-0.05, 0) is 79.6 Å². The number of hydrogen-bond acceptors (Lipinski definition) is 2. The van der Waals surface area contributed by atoms with Gasteiger partial charge < -0.3 is 5.11 Å². The van der Waals surface area contributed by atoms with E-state index in [9.17, 15) is 9.90 Å². The Morgan fingerprint density at radius 2 is 1.86 bits per heavy atom. The Kier molecular flexibility index (Phi) is 2.96. The van der Waals surface area contributed by atoms with Gasteiger partial charge in [0.2, 0.25) is 0 Å². The Morgan fingerprint density at radius 1 is 1.05 bits per heavy atom. The Labute approximate surface area is 128 Å². The highest BCUT2D eigenvalue weighted by Gasteiger charge is 2.58. The lowest BCUT2D eigenvalue weighted by Gasteiger charge is -2.57. The van der Waals surface area contributed by atoms with Crippen LogP contribution in [0.3, 0.4) is 0 Å². The first kappa shape index (κ1) is 14.0. The number of hydrogen-bond donors (Lipinski definition) is 1. The minimum atomic E-state index is -0.0823. The highest BCUT2D eigenvalue weighted by molar-refractivity contribution is 5.91. The number of allylic oxidation sites excluding steroid dienone is 1. The summed E-state index contributed by atoms with van der Waals surface area (Å²) in [4.78, 5) is 11.8. The van der Waals surface area contributed by atoms with E-state index in [0.29, 0.717) is 11.7 Å². The number of ketones is 1. The molecule has 0 aromatic heterocycles. The standard InChI is InChI=1S/C19H28O2/c1-18-9-7-13(20)11-12(18)3-4-14-15-5-6-17(21)19(15,2)10-8-16(14)18/h11,14-17,21H,3-10H2,1-2H3/t14-,15-,16-,17-,18-,19-/m0/s1/i11+2. The van der Waals surface area contributed by atoms with Crippen LogP contribution in [0, 0.1) is 28.6 Å². The lowest BCUT2D eigenvalue weighted by Crippen LogP contribution is -2.51. The zero-order chi connectivity index (χ0) is 14.8. The molecular weight excluding hydrogens is 262 g/mol. The third kappa shape index (κ3) is 1.78. The van der Waals surface area contributed by atoms with Crippen molar-refractivity contribution >= 4 is 5.78 Å². The topological polar surface area (TPSA) is 37.3 Å². The predicted octanol–water partition coefficient (Wildman–Crippen LogP) is 3.88. The molecule has 4 rings (SSSR count). The number of fused-ring (bicyclic) bond motifs is 5. The maximum atomic E-state index is 11.8. The molecule has 4 aliphatic rings. The Morgan fingerprint density at radius 3 is 2.67 bits per heavy atom. The lowest BCUT2D eigenvalue weighted by molar-refractivity contribution is -0.118. The highest BCUT2D eigenvalue weighted by atomic mass is 16.3. The quantitative estimate of drug-likeness (QED) is 0.735. The second-order valence-corrected chi connectivity index (χ2v) is 8.61. The first-order valence-corrected chi connectivity index (χ1v) is 8.87. The second-order valence-electron chi connectivity index (χ2n) is 8.61. The van der Waals surface area contributed by atoms with Gasteiger partial charge in [-0.1, -0.05) is 19.4 Å². The molecule has 116 valence electrons. The molecule has 0 radical (unpaired) electrons. The van der Waals surface area contributed by atoms with Gasteiger partial charge >= 0.3 is 0 Å². The molecule has 6 atom stereocenters. The molecule has 4 aliphatic carbocycles. The number of rotatable bonds is 0. The molecule has 0 bridgehead atoms. The summed E-state index contributed by atoms with van der Waals surface area (Å²) in [6.45, 7) is 4.76. The van der Waals surface area contributed by atoms with Crippen molar-refractivity contribution in [1.82, 2.24) is 0 Å². The van der Waals surface area contributed by atoms with Crippen LogP contribution in [0.1, 0.15) is 65.2 Å². The summed E-state index contributed by atoms with van der Waals surface area (Å²) in [5.41, 5.74) is 1.89. The minimum Gasteiger partial charge on any atom is -0.393 e. The van der Waals surface area contributed by atoms with Crippen LogP contribution >= 0.6 is 0 Å². The summed E-state index contributed by atoms with van der Waals surface area (Å²) in [6, 6.07) is 0. The summed E-state index contributed by atoms with van der Waals surface area (Å²) in [5.74, 6) is 2.57. The third-order valence-corrected chi connectivity index (χ3v) is 7.91. The third-order valence-electron chi connectivity index (χ3n) is 7.91. The van der Waals surface area contributed by atoms with Crippen molar-refractivity contribution in [1.29, 1.82) is 0 Å². The lowest BCUT2D eigenvalue weighted by atomic mass is 9.48. The van der Waals surface area contributed by atoms with Gasteiger partial charge in [-0.2, -0.15) is 0 Å². The molecular formula is C19H28O2. The van der Waals surface area contributed by atoms with Crippen molar-refractivity contribution in [2.24, 2.45) is 28.6 Å². The van der Waals surface area contributed by atoms with E-state index in [1.807, 2.05) is 6.08 Å². The van der Waals surface area contributed by atoms with E-state index in [2.05, 4.69) is 13.8 Å². The van der Waals surface area contributed by atoms with Crippen LogP contribution in [-0.4, -0.2) is 17.0 Å². The van der Waals surface area contributed by atoms with E-state index in [0.717, 1.165) is 37.5 Å². The molecule has 2 nitrogen and oxygen atoms in total. The molecule has 21 heavy (non-hydrogen) atoms. The van der Waals surface area contributed by atoms with Crippen LogP contribution in [0.5, 0.6) is 0 Å². The molecule has 1 N–H and O–H groups in total. The molecule has 0 heterocycles. The fraction of sp³-hybridized carbons (Fsp3) is 0.842. The van der Waals surface area contributed by atoms with E-state index < -0.39 is 0 Å². The van der Waals surface area contributed by atoms with Crippen LogP contribution < -0.4 is 0 Å². The molecule has 0 aromatic carbocycles. The number of carbonyl (C=O) groups excluding carboxylic acids is 1. The van der Waals surface area contributed by atoms with Crippen LogP contribution in [0.15, 0.2) is 11.6 Å². The van der Waals surface area contributed by atoms with E-state index in [1.165, 1.54) is 31.3 Å². The maximum absolute atomic E-state index is 11.8. The highest BCUT2D eigenvalue weighted by Crippen LogP contribution is 2.65. The Balaban J connectivity index is 1.69. The van der Waals surface area contributed by atoms with Crippen molar-refractivity contribution in [2.45, 2.75) is 71.3 Å². The Bertz CT molecular complexity index is 508. The first-order chi connectivity index (χ1) is 9.95. The van der Waals surface area contributed by atoms with E-state index >= 15 is 0 Å². The van der Waals surface area contributed by atoms with Crippen LogP contribution in [0.4, 0.5) is 0 Å². The zero-order valence-electron chi connectivity index (χ0n) is 13.4. The van der Waals surface area contributed by atoms with Gasteiger partial charge in [-0.25, -0.2) is 0 Å². The van der Waals surface area contributed by atoms with E-state index in [4.69, 9.17) is 0 Å². The summed E-state index contributed by atoms with van der Waals surface area (Å²) >= 11 is 0. The average molecular weight is 290 g/mol. The molecule has 3 fully saturated rings. The van der Waals surface area contributed by atoms with Crippen molar-refractivity contribution in [2.75, 3.05) is 0 Å². The first-order valence-electron chi connectivity index (χ1n) is 8.87. The van der Waals surface area contributed by atoms with Gasteiger partial charge in [0.1, 0.15) is 0 Å². The van der Waals surface area contributed by atoms with E-state index in [-0.39, 0.29) is 16.9 Å². The minimum absolute atomic E-state index is 0.0823. The summed E-state index contributed by atoms with van der Waals surface area (Å²) < 4.78 is 0. The van der Waals surface area contributed by atoms with Crippen LogP contribution in [-0.2, 0) is 4.79 Å². The van der Waals surface area contributed by atoms with Gasteiger partial charge in [0.05, 0.1) is 6.10 Å². The molecule has 0 spiro atoms. The van der Waals surface area contributed by atoms with Crippen molar-refractivity contribution < 1.29 is 9.90 Å². The fourth-order valence-electron chi connectivity index (χ4n) is 6.53. The van der Waals surface area contributed by atoms with Crippen LogP contribution in [0.25, 0.3) is 0 Å². The number of aliphatic hydroxyl groups excluding tert-OH is 1. The van der Waals surface area contributed by atoms with Crippen molar-refractivity contribution in [3.05, 3.63) is 11.6 Å². The van der Waals surface area contributed by atoms with Gasteiger partial charge in [0.25, 0.3) is 0 Å². The van der Waals surface area contributed by atoms with E-state index in [1.54, 1.807) is 0 Å². The summed E-state index contributed by atoms with van der Waals surface area (Å²) in [6.07, 6.45) is 10.7. The summed E-state index contributed by atoms with van der Waals surface area (Å²) in [7, 11) is 0. The molecule has 0 saturated heterocycles. The summed E-state index contributed by atoms with van der Waals surface area (Å²) in [5, 5.41) is 10.4. The SMILES string of the molecule is C[C@]12CC[C@H]3[C@@H](CCC4=[14CH]C(=O)CC[C@@]43C)[C@@H]1CC[C@@H]2O. The average Bonchev–Trinajstić information content (AvgIpc) is 2.76. The molecule has 0 aliphatic heterocycles. The van der Waals surface area contributed by atoms with Gasteiger partial charge in [0, 0.05) is 6.42 Å². The van der Waals surface area contributed by atoms with Gasteiger partial charge in [-0.15, -0.1) is 0 Å². The largest absolute Gasteiger partial charge is 0.393 e. The molecule has 3 saturated carbocycles. The maximum Gasteiger partial charge on any atom is 0.155 e. The molecule has 0 unspecified atom stereocenters. The van der Waals surface area contributed by atoms with Crippen LogP contribution in [0.2, 0.25) is 0 Å². The molecule has 0 aromatic rings. The predicted molar refractivity (Wildman–Crippen MR) is 82.7 cm³/mol. The number of aliphatic hydroxyl groups is 1. The smallest absolute Gasteiger partial charge is 0.155 e. The second kappa shape index (κ2) is 4.44. The van der Waals surface area contributed by atoms with Crippen molar-refractivity contribution in [3.63, 3.8) is 0 Å². The van der Waals surface area contributed by atoms with Gasteiger partial charge in [0.15, 0.2) is 5.78 Å². The normalized spacial score (nSPS) is 52.7. The van der Waals surface area contributed by atoms with Crippen molar-refractivity contribution in [3.8, 4) is 0 Å². The van der Waals surface area contributed by atoms with Gasteiger partial charge in [-0.3, -0.25) is 4.79 Å². The Hall–Kier alpha value is -0.630. The monoisotopic (exact) mass is 290 g/mol. The zero-order valence-corrected chi connectivity index (χ0v) is 13.4. The fourth-order valence-corrected chi connectivity index (χ4v) is 6.53. The molecule has 0 amide bonds.